The number of anilines is 2. The smallest absolute Gasteiger partial charge is 0.228 e. The second-order valence-corrected chi connectivity index (χ2v) is 10.1. The number of piperazine rings is 1. The molecule has 0 saturated carbocycles. The minimum atomic E-state index is -0.405. The lowest BCUT2D eigenvalue weighted by Gasteiger charge is -2.34. The zero-order valence-corrected chi connectivity index (χ0v) is 21.2. The van der Waals surface area contributed by atoms with Gasteiger partial charge >= 0.3 is 0 Å². The van der Waals surface area contributed by atoms with E-state index in [1.165, 1.54) is 12.1 Å². The van der Waals surface area contributed by atoms with Crippen LogP contribution in [0.15, 0.2) is 30.5 Å². The van der Waals surface area contributed by atoms with Crippen LogP contribution in [-0.4, -0.2) is 62.2 Å². The fraction of sp³-hybridized carbons (Fsp3) is 0.500. The zero-order chi connectivity index (χ0) is 25.3. The van der Waals surface area contributed by atoms with Gasteiger partial charge in [0.15, 0.2) is 0 Å². The van der Waals surface area contributed by atoms with Crippen LogP contribution < -0.4 is 10.2 Å². The van der Waals surface area contributed by atoms with Crippen molar-refractivity contribution in [2.45, 2.75) is 59.0 Å². The first kappa shape index (κ1) is 24.8. The normalized spacial score (nSPS) is 15.5. The third-order valence-corrected chi connectivity index (χ3v) is 6.75. The van der Waals surface area contributed by atoms with Crippen molar-refractivity contribution >= 4 is 28.6 Å². The Labute approximate surface area is 205 Å². The van der Waals surface area contributed by atoms with E-state index >= 15 is 0 Å². The molecule has 1 atom stereocenters. The molecule has 3 heterocycles. The number of fused-ring (bicyclic) bond motifs is 1. The number of aromatic nitrogens is 3. The number of carbonyl (C=O) groups is 1. The van der Waals surface area contributed by atoms with E-state index in [2.05, 4.69) is 37.9 Å². The SMILES string of the molecule is CCC(C)n1cc2c(NC(C)(C)Cc3ccc(F)cc3)nc(N3CCN(C(C)=O)CC3)nc2c1O. The molecule has 1 aromatic carbocycles. The number of halogens is 1. The van der Waals surface area contributed by atoms with Crippen LogP contribution in [0.2, 0.25) is 0 Å². The number of hydrogen-bond acceptors (Lipinski definition) is 6. The Morgan fingerprint density at radius 1 is 1.17 bits per heavy atom. The average Bonchev–Trinajstić information content (AvgIpc) is 3.16. The van der Waals surface area contributed by atoms with Gasteiger partial charge in [-0.2, -0.15) is 4.98 Å². The quantitative estimate of drug-likeness (QED) is 0.521. The molecular weight excluding hydrogens is 447 g/mol. The van der Waals surface area contributed by atoms with E-state index < -0.39 is 5.54 Å². The molecule has 4 rings (SSSR count). The van der Waals surface area contributed by atoms with Gasteiger partial charge in [0.25, 0.3) is 0 Å². The second kappa shape index (κ2) is 9.71. The highest BCUT2D eigenvalue weighted by molar-refractivity contribution is 5.94. The number of nitrogens with one attached hydrogen (secondary N) is 1. The summed E-state index contributed by atoms with van der Waals surface area (Å²) >= 11 is 0. The molecule has 0 spiro atoms. The topological polar surface area (TPSA) is 86.5 Å². The fourth-order valence-electron chi connectivity index (χ4n) is 4.54. The van der Waals surface area contributed by atoms with Gasteiger partial charge in [0, 0.05) is 50.9 Å². The average molecular weight is 483 g/mol. The lowest BCUT2D eigenvalue weighted by Crippen LogP contribution is -2.48. The van der Waals surface area contributed by atoms with Crippen molar-refractivity contribution in [3.05, 3.63) is 41.8 Å². The largest absolute Gasteiger partial charge is 0.493 e. The highest BCUT2D eigenvalue weighted by Crippen LogP contribution is 2.36. The fourth-order valence-corrected chi connectivity index (χ4v) is 4.54. The summed E-state index contributed by atoms with van der Waals surface area (Å²) in [6.45, 7) is 12.3. The number of amides is 1. The standard InChI is InChI=1S/C26H35FN6O2/c1-6-17(2)33-16-21-22(24(33)35)28-25(32-13-11-31(12-14-32)18(3)34)29-23(21)30-26(4,5)15-19-7-9-20(27)10-8-19/h7-10,16-17,35H,6,11-15H2,1-5H3,(H,28,29,30). The molecule has 1 fully saturated rings. The molecule has 3 aromatic rings. The highest BCUT2D eigenvalue weighted by atomic mass is 19.1. The maximum atomic E-state index is 13.4. The minimum Gasteiger partial charge on any atom is -0.493 e. The summed E-state index contributed by atoms with van der Waals surface area (Å²) in [5.41, 5.74) is 1.11. The van der Waals surface area contributed by atoms with Gasteiger partial charge in [0.05, 0.1) is 5.39 Å². The van der Waals surface area contributed by atoms with Gasteiger partial charge in [0.2, 0.25) is 17.7 Å². The first-order valence-corrected chi connectivity index (χ1v) is 12.2. The van der Waals surface area contributed by atoms with Crippen LogP contribution in [0.4, 0.5) is 16.2 Å². The molecule has 1 amide bonds. The van der Waals surface area contributed by atoms with Crippen LogP contribution in [0.3, 0.4) is 0 Å². The molecule has 0 bridgehead atoms. The third kappa shape index (κ3) is 5.33. The van der Waals surface area contributed by atoms with Crippen molar-refractivity contribution in [2.24, 2.45) is 0 Å². The van der Waals surface area contributed by atoms with Crippen LogP contribution in [0, 0.1) is 5.82 Å². The Balaban J connectivity index is 1.71. The summed E-state index contributed by atoms with van der Waals surface area (Å²) in [6.07, 6.45) is 3.43. The third-order valence-electron chi connectivity index (χ3n) is 6.75. The van der Waals surface area contributed by atoms with Crippen molar-refractivity contribution < 1.29 is 14.3 Å². The van der Waals surface area contributed by atoms with Gasteiger partial charge < -0.3 is 24.8 Å². The Kier molecular flexibility index (Phi) is 6.87. The number of benzene rings is 1. The maximum Gasteiger partial charge on any atom is 0.228 e. The monoisotopic (exact) mass is 482 g/mol. The Hall–Kier alpha value is -3.36. The summed E-state index contributed by atoms with van der Waals surface area (Å²) in [4.78, 5) is 25.3. The lowest BCUT2D eigenvalue weighted by atomic mass is 9.95. The van der Waals surface area contributed by atoms with E-state index in [9.17, 15) is 14.3 Å². The van der Waals surface area contributed by atoms with Gasteiger partial charge in [-0.3, -0.25) is 4.79 Å². The zero-order valence-electron chi connectivity index (χ0n) is 21.2. The van der Waals surface area contributed by atoms with E-state index in [0.717, 1.165) is 17.4 Å². The van der Waals surface area contributed by atoms with Crippen LogP contribution in [0.25, 0.3) is 10.9 Å². The van der Waals surface area contributed by atoms with Crippen molar-refractivity contribution in [3.8, 4) is 5.88 Å². The van der Waals surface area contributed by atoms with Crippen molar-refractivity contribution in [3.63, 3.8) is 0 Å². The highest BCUT2D eigenvalue weighted by Gasteiger charge is 2.27. The molecular formula is C26H35FN6O2. The summed E-state index contributed by atoms with van der Waals surface area (Å²) in [5, 5.41) is 15.4. The van der Waals surface area contributed by atoms with E-state index in [1.807, 2.05) is 15.7 Å². The molecule has 1 aliphatic rings. The molecule has 1 saturated heterocycles. The van der Waals surface area contributed by atoms with Crippen LogP contribution in [0.1, 0.15) is 52.6 Å². The van der Waals surface area contributed by atoms with E-state index in [1.54, 1.807) is 19.1 Å². The summed E-state index contributed by atoms with van der Waals surface area (Å²) in [6, 6.07) is 6.63. The molecule has 0 aliphatic carbocycles. The molecule has 1 aliphatic heterocycles. The van der Waals surface area contributed by atoms with Gasteiger partial charge in [0.1, 0.15) is 17.2 Å². The number of aromatic hydroxyl groups is 1. The first-order chi connectivity index (χ1) is 16.6. The molecule has 35 heavy (non-hydrogen) atoms. The van der Waals surface area contributed by atoms with E-state index in [4.69, 9.17) is 9.97 Å². The molecule has 8 nitrogen and oxygen atoms in total. The van der Waals surface area contributed by atoms with Gasteiger partial charge in [-0.1, -0.05) is 19.1 Å². The lowest BCUT2D eigenvalue weighted by molar-refractivity contribution is -0.129. The Morgan fingerprint density at radius 3 is 2.43 bits per heavy atom. The molecule has 1 unspecified atom stereocenters. The molecule has 188 valence electrons. The van der Waals surface area contributed by atoms with Crippen molar-refractivity contribution in [1.29, 1.82) is 0 Å². The predicted octanol–water partition coefficient (Wildman–Crippen LogP) is 4.35. The minimum absolute atomic E-state index is 0.0641. The summed E-state index contributed by atoms with van der Waals surface area (Å²) in [5.74, 6) is 1.10. The van der Waals surface area contributed by atoms with Crippen LogP contribution in [0.5, 0.6) is 5.88 Å². The molecule has 2 N–H and O–H groups in total. The van der Waals surface area contributed by atoms with Gasteiger partial charge in [-0.15, -0.1) is 0 Å². The predicted molar refractivity (Wildman–Crippen MR) is 136 cm³/mol. The molecule has 9 heteroatoms. The number of carbonyl (C=O) groups excluding carboxylic acids is 1. The van der Waals surface area contributed by atoms with Crippen molar-refractivity contribution in [1.82, 2.24) is 19.4 Å². The summed E-state index contributed by atoms with van der Waals surface area (Å²) < 4.78 is 15.2. The number of nitrogens with zero attached hydrogens (tertiary/aromatic N) is 5. The molecule has 0 radical (unpaired) electrons. The molecule has 2 aromatic heterocycles. The van der Waals surface area contributed by atoms with Crippen LogP contribution >= 0.6 is 0 Å². The van der Waals surface area contributed by atoms with Crippen LogP contribution in [-0.2, 0) is 11.2 Å². The Morgan fingerprint density at radius 2 is 1.83 bits per heavy atom. The number of hydrogen-bond donors (Lipinski definition) is 2. The van der Waals surface area contributed by atoms with E-state index in [-0.39, 0.29) is 23.6 Å². The summed E-state index contributed by atoms with van der Waals surface area (Å²) in [7, 11) is 0. The van der Waals surface area contributed by atoms with Gasteiger partial charge in [-0.05, 0) is 51.3 Å². The Bertz CT molecular complexity index is 1200. The van der Waals surface area contributed by atoms with E-state index in [0.29, 0.717) is 49.9 Å². The second-order valence-electron chi connectivity index (χ2n) is 10.1. The maximum absolute atomic E-state index is 13.4. The van der Waals surface area contributed by atoms with Gasteiger partial charge in [-0.25, -0.2) is 9.37 Å². The van der Waals surface area contributed by atoms with Crippen molar-refractivity contribution in [2.75, 3.05) is 36.4 Å². The number of rotatable bonds is 7. The first-order valence-electron chi connectivity index (χ1n) is 12.2.